The zero-order chi connectivity index (χ0) is 22.9. The van der Waals surface area contributed by atoms with Crippen molar-refractivity contribution >= 4 is 23.0 Å². The lowest BCUT2D eigenvalue weighted by Gasteiger charge is -2.33. The van der Waals surface area contributed by atoms with Gasteiger partial charge >= 0.3 is 5.97 Å². The van der Waals surface area contributed by atoms with Crippen LogP contribution in [0.5, 0.6) is 0 Å². The maximum absolute atomic E-state index is 12.4. The molecule has 2 aliphatic rings. The first-order valence-corrected chi connectivity index (χ1v) is 12.3. The summed E-state index contributed by atoms with van der Waals surface area (Å²) < 4.78 is 5.47. The van der Waals surface area contributed by atoms with Crippen LogP contribution < -0.4 is 5.32 Å². The average molecular weight is 453 g/mol. The molecule has 0 saturated heterocycles. The molecule has 0 unspecified atom stereocenters. The molecule has 1 aromatic heterocycles. The number of carbonyl (C=O) groups is 1. The van der Waals surface area contributed by atoms with Crippen molar-refractivity contribution in [2.24, 2.45) is 11.3 Å². The lowest BCUT2D eigenvalue weighted by molar-refractivity contribution is 0.0696. The summed E-state index contributed by atoms with van der Waals surface area (Å²) in [5.41, 5.74) is 3.80. The number of nitriles is 1. The summed E-state index contributed by atoms with van der Waals surface area (Å²) >= 11 is 1.60. The van der Waals surface area contributed by atoms with Crippen molar-refractivity contribution in [1.29, 1.82) is 5.26 Å². The number of fused-ring (bicyclic) bond motifs is 1. The highest BCUT2D eigenvalue weighted by Crippen LogP contribution is 2.47. The van der Waals surface area contributed by atoms with E-state index in [2.05, 4.69) is 25.2 Å². The molecule has 1 heterocycles. The first kappa shape index (κ1) is 22.8. The highest BCUT2D eigenvalue weighted by atomic mass is 32.1. The summed E-state index contributed by atoms with van der Waals surface area (Å²) in [7, 11) is 1.75. The van der Waals surface area contributed by atoms with Gasteiger partial charge in [-0.25, -0.2) is 4.79 Å². The fourth-order valence-electron chi connectivity index (χ4n) is 5.27. The third-order valence-corrected chi connectivity index (χ3v) is 8.34. The van der Waals surface area contributed by atoms with E-state index in [9.17, 15) is 15.2 Å². The van der Waals surface area contributed by atoms with Crippen LogP contribution in [0.25, 0.3) is 10.4 Å². The average Bonchev–Trinajstić information content (AvgIpc) is 3.13. The Morgan fingerprint density at radius 2 is 2.12 bits per heavy atom. The number of benzene rings is 1. The Kier molecular flexibility index (Phi) is 6.60. The minimum atomic E-state index is -0.876. The topological polar surface area (TPSA) is 82.3 Å². The molecule has 0 amide bonds. The quantitative estimate of drug-likeness (QED) is 0.552. The molecule has 0 radical (unpaired) electrons. The lowest BCUT2D eigenvalue weighted by Crippen LogP contribution is -2.35. The van der Waals surface area contributed by atoms with Crippen molar-refractivity contribution in [2.75, 3.05) is 19.0 Å². The Bertz CT molecular complexity index is 1050. The van der Waals surface area contributed by atoms with Crippen LogP contribution in [0.1, 0.15) is 72.3 Å². The Morgan fingerprint density at radius 1 is 1.34 bits per heavy atom. The van der Waals surface area contributed by atoms with Crippen molar-refractivity contribution in [2.45, 2.75) is 64.8 Å². The van der Waals surface area contributed by atoms with E-state index >= 15 is 0 Å². The minimum absolute atomic E-state index is 0.0978. The standard InChI is InChI=1S/C26H32N2O3S/c1-26(2)11-10-22-19(13-26)23(25(29)30)24(32-22)18-12-16(14-27)8-9-21(18)28-20-7-5-4-6-17(20)15-31-3/h8-9,12,17,20,28H,4-7,10-11,13,15H2,1-3H3,(H,29,30)/t17-,20+/m0/s1. The second kappa shape index (κ2) is 9.25. The molecule has 2 N–H and O–H groups in total. The van der Waals surface area contributed by atoms with E-state index in [1.54, 1.807) is 18.4 Å². The Morgan fingerprint density at radius 3 is 2.84 bits per heavy atom. The number of ether oxygens (including phenoxy) is 1. The molecular formula is C26H32N2O3S. The number of hydrogen-bond acceptors (Lipinski definition) is 5. The summed E-state index contributed by atoms with van der Waals surface area (Å²) in [4.78, 5) is 14.4. The van der Waals surface area contributed by atoms with Gasteiger partial charge in [0.15, 0.2) is 0 Å². The van der Waals surface area contributed by atoms with Crippen LogP contribution >= 0.6 is 11.3 Å². The van der Waals surface area contributed by atoms with Crippen molar-refractivity contribution in [1.82, 2.24) is 0 Å². The Hall–Kier alpha value is -2.36. The molecule has 2 atom stereocenters. The lowest BCUT2D eigenvalue weighted by atomic mass is 9.76. The van der Waals surface area contributed by atoms with Crippen molar-refractivity contribution < 1.29 is 14.6 Å². The number of thiophene rings is 1. The van der Waals surface area contributed by atoms with E-state index in [0.717, 1.165) is 53.8 Å². The predicted molar refractivity (Wildman–Crippen MR) is 128 cm³/mol. The predicted octanol–water partition coefficient (Wildman–Crippen LogP) is 6.12. The summed E-state index contributed by atoms with van der Waals surface area (Å²) in [6.45, 7) is 5.13. The molecule has 32 heavy (non-hydrogen) atoms. The largest absolute Gasteiger partial charge is 0.478 e. The van der Waals surface area contributed by atoms with Crippen LogP contribution in [-0.2, 0) is 17.6 Å². The number of nitrogens with one attached hydrogen (secondary N) is 1. The van der Waals surface area contributed by atoms with E-state index in [4.69, 9.17) is 4.74 Å². The van der Waals surface area contributed by atoms with Crippen LogP contribution in [0.4, 0.5) is 5.69 Å². The second-order valence-corrected chi connectivity index (χ2v) is 11.1. The monoisotopic (exact) mass is 452 g/mol. The number of carboxylic acid groups (broad SMARTS) is 1. The third kappa shape index (κ3) is 4.55. The number of aryl methyl sites for hydroxylation is 1. The molecule has 2 aromatic rings. The fraction of sp³-hybridized carbons (Fsp3) is 0.538. The molecule has 5 nitrogen and oxygen atoms in total. The smallest absolute Gasteiger partial charge is 0.337 e. The number of carboxylic acids is 1. The van der Waals surface area contributed by atoms with Gasteiger partial charge < -0.3 is 15.2 Å². The number of hydrogen-bond donors (Lipinski definition) is 2. The second-order valence-electron chi connectivity index (χ2n) is 9.98. The first-order chi connectivity index (χ1) is 15.3. The molecule has 2 aliphatic carbocycles. The van der Waals surface area contributed by atoms with Gasteiger partial charge in [-0.05, 0) is 61.3 Å². The van der Waals surface area contributed by atoms with Gasteiger partial charge in [0.2, 0.25) is 0 Å². The molecule has 1 aromatic carbocycles. The summed E-state index contributed by atoms with van der Waals surface area (Å²) in [6, 6.07) is 8.12. The van der Waals surface area contributed by atoms with Gasteiger partial charge in [0.1, 0.15) is 0 Å². The van der Waals surface area contributed by atoms with Gasteiger partial charge in [-0.3, -0.25) is 0 Å². The van der Waals surface area contributed by atoms with Gasteiger partial charge in [0, 0.05) is 35.2 Å². The van der Waals surface area contributed by atoms with Crippen molar-refractivity contribution in [3.63, 3.8) is 0 Å². The Labute approximate surface area is 194 Å². The normalized spacial score (nSPS) is 22.1. The van der Waals surface area contributed by atoms with Crippen LogP contribution in [0.3, 0.4) is 0 Å². The highest BCUT2D eigenvalue weighted by Gasteiger charge is 2.34. The van der Waals surface area contributed by atoms with Gasteiger partial charge in [0.25, 0.3) is 0 Å². The van der Waals surface area contributed by atoms with Gasteiger partial charge in [-0.1, -0.05) is 26.7 Å². The SMILES string of the molecule is COC[C@@H]1CCCC[C@H]1Nc1ccc(C#N)cc1-c1sc2c(c1C(=O)O)CC(C)(C)CC2. The summed E-state index contributed by atoms with van der Waals surface area (Å²) in [6.07, 6.45) is 7.32. The van der Waals surface area contributed by atoms with Crippen LogP contribution in [0.15, 0.2) is 18.2 Å². The number of rotatable bonds is 6. The molecule has 4 rings (SSSR count). The molecule has 0 aliphatic heterocycles. The zero-order valence-electron chi connectivity index (χ0n) is 19.2. The van der Waals surface area contributed by atoms with Crippen LogP contribution in [0, 0.1) is 22.7 Å². The van der Waals surface area contributed by atoms with Gasteiger partial charge in [0.05, 0.1) is 28.7 Å². The fourth-order valence-corrected chi connectivity index (χ4v) is 6.61. The highest BCUT2D eigenvalue weighted by molar-refractivity contribution is 7.16. The maximum atomic E-state index is 12.4. The van der Waals surface area contributed by atoms with E-state index < -0.39 is 5.97 Å². The molecular weight excluding hydrogens is 420 g/mol. The minimum Gasteiger partial charge on any atom is -0.478 e. The van der Waals surface area contributed by atoms with Crippen molar-refractivity contribution in [3.05, 3.63) is 39.8 Å². The van der Waals surface area contributed by atoms with E-state index in [0.29, 0.717) is 23.7 Å². The number of methoxy groups -OCH3 is 1. The number of aromatic carboxylic acids is 1. The van der Waals surface area contributed by atoms with Gasteiger partial charge in [-0.2, -0.15) is 5.26 Å². The summed E-state index contributed by atoms with van der Waals surface area (Å²) in [5, 5.41) is 23.5. The van der Waals surface area contributed by atoms with Crippen LogP contribution in [0.2, 0.25) is 0 Å². The third-order valence-electron chi connectivity index (χ3n) is 7.01. The molecule has 0 spiro atoms. The van der Waals surface area contributed by atoms with E-state index in [1.165, 1.54) is 17.7 Å². The molecule has 0 bridgehead atoms. The van der Waals surface area contributed by atoms with E-state index in [-0.39, 0.29) is 11.5 Å². The zero-order valence-corrected chi connectivity index (χ0v) is 20.0. The number of nitrogens with zero attached hydrogens (tertiary/aromatic N) is 1. The molecule has 6 heteroatoms. The number of anilines is 1. The Balaban J connectivity index is 1.79. The maximum Gasteiger partial charge on any atom is 0.337 e. The molecule has 1 saturated carbocycles. The van der Waals surface area contributed by atoms with Crippen LogP contribution in [-0.4, -0.2) is 30.8 Å². The van der Waals surface area contributed by atoms with E-state index in [1.807, 2.05) is 18.2 Å². The molecule has 1 fully saturated rings. The first-order valence-electron chi connectivity index (χ1n) is 11.5. The molecule has 170 valence electrons. The van der Waals surface area contributed by atoms with Crippen molar-refractivity contribution in [3.8, 4) is 16.5 Å². The summed E-state index contributed by atoms with van der Waals surface area (Å²) in [5.74, 6) is -0.452. The van der Waals surface area contributed by atoms with Gasteiger partial charge in [-0.15, -0.1) is 11.3 Å².